The molecule has 0 aliphatic heterocycles. The van der Waals surface area contributed by atoms with Crippen molar-refractivity contribution >= 4 is 22.5 Å². The first-order valence-electron chi connectivity index (χ1n) is 5.45. The molecule has 1 aromatic heterocycles. The smallest absolute Gasteiger partial charge is 0.284 e. The van der Waals surface area contributed by atoms with E-state index in [1.54, 1.807) is 36.8 Å². The molecule has 0 radical (unpaired) electrons. The van der Waals surface area contributed by atoms with Crippen LogP contribution in [0.15, 0.2) is 36.8 Å². The Bertz CT molecular complexity index is 621. The van der Waals surface area contributed by atoms with Gasteiger partial charge in [-0.25, -0.2) is 0 Å². The fraction of sp³-hybridized carbons (Fsp3) is 0.154. The Morgan fingerprint density at radius 3 is 2.78 bits per heavy atom. The van der Waals surface area contributed by atoms with Crippen molar-refractivity contribution in [2.75, 3.05) is 14.1 Å². The lowest BCUT2D eigenvalue weighted by atomic mass is 10.1. The number of pyridine rings is 1. The summed E-state index contributed by atoms with van der Waals surface area (Å²) in [4.78, 5) is 16.7. The Hall–Kier alpha value is -2.43. The lowest BCUT2D eigenvalue weighted by molar-refractivity contribution is -0.383. The molecule has 0 atom stereocenters. The predicted octanol–water partition coefficient (Wildman–Crippen LogP) is 2.68. The van der Waals surface area contributed by atoms with Crippen molar-refractivity contribution in [1.82, 2.24) is 9.88 Å². The first-order chi connectivity index (χ1) is 8.59. The second-order valence-electron chi connectivity index (χ2n) is 4.14. The molecule has 0 N–H and O–H groups in total. The monoisotopic (exact) mass is 243 g/mol. The molecule has 0 aliphatic carbocycles. The van der Waals surface area contributed by atoms with E-state index in [1.807, 2.05) is 25.1 Å². The molecule has 2 rings (SSSR count). The van der Waals surface area contributed by atoms with E-state index in [-0.39, 0.29) is 10.6 Å². The van der Waals surface area contributed by atoms with Crippen LogP contribution in [-0.4, -0.2) is 28.9 Å². The molecule has 92 valence electrons. The summed E-state index contributed by atoms with van der Waals surface area (Å²) in [7, 11) is 3.74. The highest BCUT2D eigenvalue weighted by Crippen LogP contribution is 2.29. The molecular weight excluding hydrogens is 230 g/mol. The van der Waals surface area contributed by atoms with Crippen molar-refractivity contribution in [3.8, 4) is 0 Å². The van der Waals surface area contributed by atoms with E-state index in [0.717, 1.165) is 5.39 Å². The molecule has 0 bridgehead atoms. The van der Waals surface area contributed by atoms with Crippen LogP contribution in [-0.2, 0) is 0 Å². The number of rotatable bonds is 3. The van der Waals surface area contributed by atoms with Crippen LogP contribution in [0.2, 0.25) is 0 Å². The van der Waals surface area contributed by atoms with Crippen molar-refractivity contribution in [2.24, 2.45) is 0 Å². The van der Waals surface area contributed by atoms with Gasteiger partial charge in [0.15, 0.2) is 0 Å². The van der Waals surface area contributed by atoms with E-state index in [9.17, 15) is 10.1 Å². The number of nitro groups is 1. The third-order valence-corrected chi connectivity index (χ3v) is 2.56. The molecule has 5 heteroatoms. The van der Waals surface area contributed by atoms with Crippen molar-refractivity contribution < 1.29 is 4.92 Å². The molecule has 1 aromatic carbocycles. The molecule has 0 saturated carbocycles. The van der Waals surface area contributed by atoms with Crippen LogP contribution in [0.3, 0.4) is 0 Å². The van der Waals surface area contributed by atoms with Gasteiger partial charge in [0.1, 0.15) is 0 Å². The van der Waals surface area contributed by atoms with Crippen molar-refractivity contribution in [3.05, 3.63) is 52.5 Å². The minimum absolute atomic E-state index is 0.119. The number of nitrogens with zero attached hydrogens (tertiary/aromatic N) is 3. The molecule has 0 amide bonds. The first kappa shape index (κ1) is 12.0. The third kappa shape index (κ3) is 2.29. The maximum atomic E-state index is 11.2. The van der Waals surface area contributed by atoms with Crippen molar-refractivity contribution in [2.45, 2.75) is 0 Å². The largest absolute Gasteiger partial charge is 0.383 e. The number of hydrogen-bond acceptors (Lipinski definition) is 4. The van der Waals surface area contributed by atoms with Crippen LogP contribution in [0, 0.1) is 10.1 Å². The number of benzene rings is 1. The maximum Gasteiger partial charge on any atom is 0.284 e. The van der Waals surface area contributed by atoms with Crippen molar-refractivity contribution in [3.63, 3.8) is 0 Å². The summed E-state index contributed by atoms with van der Waals surface area (Å²) in [5.74, 6) is 0. The van der Waals surface area contributed by atoms with E-state index in [1.165, 1.54) is 0 Å². The summed E-state index contributed by atoms with van der Waals surface area (Å²) < 4.78 is 0. The minimum Gasteiger partial charge on any atom is -0.383 e. The highest BCUT2D eigenvalue weighted by atomic mass is 16.6. The van der Waals surface area contributed by atoms with Gasteiger partial charge < -0.3 is 4.90 Å². The van der Waals surface area contributed by atoms with Gasteiger partial charge in [0, 0.05) is 31.9 Å². The average Bonchev–Trinajstić information content (AvgIpc) is 2.35. The maximum absolute atomic E-state index is 11.2. The fourth-order valence-corrected chi connectivity index (χ4v) is 1.74. The Morgan fingerprint density at radius 1 is 1.33 bits per heavy atom. The third-order valence-electron chi connectivity index (χ3n) is 2.56. The molecular formula is C13H13N3O2. The van der Waals surface area contributed by atoms with Gasteiger partial charge in [-0.1, -0.05) is 6.07 Å². The van der Waals surface area contributed by atoms with Gasteiger partial charge in [-0.05, 0) is 24.4 Å². The fourth-order valence-electron chi connectivity index (χ4n) is 1.74. The van der Waals surface area contributed by atoms with E-state index < -0.39 is 0 Å². The van der Waals surface area contributed by atoms with E-state index in [4.69, 9.17) is 0 Å². The molecule has 1 heterocycles. The van der Waals surface area contributed by atoms with Gasteiger partial charge in [0.05, 0.1) is 15.9 Å². The van der Waals surface area contributed by atoms with Crippen LogP contribution >= 0.6 is 0 Å². The normalized spacial score (nSPS) is 11.0. The molecule has 0 unspecified atom stereocenters. The highest BCUT2D eigenvalue weighted by molar-refractivity contribution is 5.93. The van der Waals surface area contributed by atoms with Crippen LogP contribution < -0.4 is 0 Å². The van der Waals surface area contributed by atoms with Gasteiger partial charge >= 0.3 is 0 Å². The zero-order valence-corrected chi connectivity index (χ0v) is 10.2. The second-order valence-corrected chi connectivity index (χ2v) is 4.14. The van der Waals surface area contributed by atoms with Gasteiger partial charge in [-0.2, -0.15) is 0 Å². The van der Waals surface area contributed by atoms with Crippen LogP contribution in [0.1, 0.15) is 5.56 Å². The summed E-state index contributed by atoms with van der Waals surface area (Å²) in [6.07, 6.45) is 6.71. The molecule has 0 fully saturated rings. The second kappa shape index (κ2) is 4.83. The zero-order chi connectivity index (χ0) is 13.1. The molecule has 0 saturated heterocycles. The van der Waals surface area contributed by atoms with Gasteiger partial charge in [0.2, 0.25) is 0 Å². The summed E-state index contributed by atoms with van der Waals surface area (Å²) in [6.45, 7) is 0. The minimum atomic E-state index is -0.350. The Morgan fingerprint density at radius 2 is 2.11 bits per heavy atom. The summed E-state index contributed by atoms with van der Waals surface area (Å²) in [6, 6.07) is 5.24. The summed E-state index contributed by atoms with van der Waals surface area (Å²) >= 11 is 0. The predicted molar refractivity (Wildman–Crippen MR) is 71.1 cm³/mol. The molecule has 18 heavy (non-hydrogen) atoms. The molecule has 2 aromatic rings. The van der Waals surface area contributed by atoms with E-state index >= 15 is 0 Å². The Kier molecular flexibility index (Phi) is 3.23. The number of fused-ring (bicyclic) bond motifs is 1. The van der Waals surface area contributed by atoms with Crippen LogP contribution in [0.4, 0.5) is 5.69 Å². The lowest BCUT2D eigenvalue weighted by Gasteiger charge is -2.05. The average molecular weight is 243 g/mol. The summed E-state index contributed by atoms with van der Waals surface area (Å²) in [5.41, 5.74) is 0.709. The lowest BCUT2D eigenvalue weighted by Crippen LogP contribution is -2.00. The number of hydrogen-bond donors (Lipinski definition) is 0. The van der Waals surface area contributed by atoms with Gasteiger partial charge in [-0.3, -0.25) is 15.1 Å². The Labute approximate surface area is 105 Å². The number of nitro benzene ring substituents is 1. The van der Waals surface area contributed by atoms with E-state index in [0.29, 0.717) is 10.9 Å². The Balaban J connectivity index is 2.67. The standard InChI is InChI=1S/C13H13N3O2/c1-15(2)8-6-10-3-4-11-9-14-7-5-12(11)13(10)16(17)18/h3-9H,1-2H3. The van der Waals surface area contributed by atoms with E-state index in [2.05, 4.69) is 4.98 Å². The molecule has 0 spiro atoms. The molecule has 5 nitrogen and oxygen atoms in total. The van der Waals surface area contributed by atoms with Gasteiger partial charge in [0.25, 0.3) is 5.69 Å². The van der Waals surface area contributed by atoms with Crippen molar-refractivity contribution in [1.29, 1.82) is 0 Å². The van der Waals surface area contributed by atoms with Gasteiger partial charge in [-0.15, -0.1) is 0 Å². The SMILES string of the molecule is CN(C)C=Cc1ccc2cnccc2c1[N+](=O)[O-]. The molecule has 0 aliphatic rings. The van der Waals surface area contributed by atoms with Crippen LogP contribution in [0.25, 0.3) is 16.8 Å². The first-order valence-corrected chi connectivity index (χ1v) is 5.45. The highest BCUT2D eigenvalue weighted by Gasteiger charge is 2.16. The summed E-state index contributed by atoms with van der Waals surface area (Å²) in [5, 5.41) is 12.6. The quantitative estimate of drug-likeness (QED) is 0.614. The van der Waals surface area contributed by atoms with Crippen LogP contribution in [0.5, 0.6) is 0 Å². The number of aromatic nitrogens is 1. The topological polar surface area (TPSA) is 59.3 Å². The zero-order valence-electron chi connectivity index (χ0n) is 10.2.